The zero-order valence-electron chi connectivity index (χ0n) is 14.1. The number of sulfone groups is 1. The van der Waals surface area contributed by atoms with Gasteiger partial charge in [-0.3, -0.25) is 4.79 Å². The van der Waals surface area contributed by atoms with Gasteiger partial charge >= 0.3 is 5.97 Å². The minimum atomic E-state index is -3.41. The van der Waals surface area contributed by atoms with Gasteiger partial charge in [-0.05, 0) is 37.5 Å². The van der Waals surface area contributed by atoms with Crippen LogP contribution in [-0.4, -0.2) is 51.1 Å². The van der Waals surface area contributed by atoms with Gasteiger partial charge in [-0.15, -0.1) is 0 Å². The molecule has 7 heteroatoms. The van der Waals surface area contributed by atoms with Gasteiger partial charge in [0.15, 0.2) is 16.4 Å². The van der Waals surface area contributed by atoms with E-state index in [1.807, 2.05) is 0 Å². The number of aryl methyl sites for hydroxylation is 1. The quantitative estimate of drug-likeness (QED) is 0.773. The normalized spacial score (nSPS) is 15.7. The van der Waals surface area contributed by atoms with Crippen LogP contribution in [0.4, 0.5) is 0 Å². The first-order valence-corrected chi connectivity index (χ1v) is 9.94. The highest BCUT2D eigenvalue weighted by Gasteiger charge is 2.19. The molecule has 1 saturated heterocycles. The topological polar surface area (TPSA) is 80.7 Å². The molecule has 1 fully saturated rings. The van der Waals surface area contributed by atoms with Gasteiger partial charge in [0.1, 0.15) is 0 Å². The molecule has 1 aromatic rings. The lowest BCUT2D eigenvalue weighted by Gasteiger charge is -2.20. The Morgan fingerprint density at radius 1 is 1.12 bits per heavy atom. The SMILES string of the molecule is Cc1ccc(S(C)(=O)=O)cc1C(=O)OCC(=O)N1CCCCCC1. The summed E-state index contributed by atoms with van der Waals surface area (Å²) in [7, 11) is -3.41. The average molecular weight is 353 g/mol. The second-order valence-electron chi connectivity index (χ2n) is 6.12. The fourth-order valence-corrected chi connectivity index (χ4v) is 3.32. The van der Waals surface area contributed by atoms with Crippen LogP contribution in [0.15, 0.2) is 23.1 Å². The summed E-state index contributed by atoms with van der Waals surface area (Å²) >= 11 is 0. The van der Waals surface area contributed by atoms with E-state index in [0.717, 1.165) is 31.9 Å². The Bertz CT molecular complexity index is 718. The van der Waals surface area contributed by atoms with Crippen molar-refractivity contribution in [3.05, 3.63) is 29.3 Å². The fraction of sp³-hybridized carbons (Fsp3) is 0.529. The summed E-state index contributed by atoms with van der Waals surface area (Å²) in [6.45, 7) is 2.76. The van der Waals surface area contributed by atoms with Gasteiger partial charge in [0.2, 0.25) is 0 Å². The number of nitrogens with zero attached hydrogens (tertiary/aromatic N) is 1. The van der Waals surface area contributed by atoms with Crippen LogP contribution in [0.5, 0.6) is 0 Å². The number of likely N-dealkylation sites (tertiary alicyclic amines) is 1. The number of hydrogen-bond acceptors (Lipinski definition) is 5. The molecule has 1 amide bonds. The summed E-state index contributed by atoms with van der Waals surface area (Å²) < 4.78 is 28.3. The number of carbonyl (C=O) groups excluding carboxylic acids is 2. The predicted molar refractivity (Wildman–Crippen MR) is 89.6 cm³/mol. The first-order valence-electron chi connectivity index (χ1n) is 8.04. The lowest BCUT2D eigenvalue weighted by atomic mass is 10.1. The van der Waals surface area contributed by atoms with Crippen molar-refractivity contribution in [3.63, 3.8) is 0 Å². The lowest BCUT2D eigenvalue weighted by molar-refractivity contribution is -0.134. The molecule has 24 heavy (non-hydrogen) atoms. The van der Waals surface area contributed by atoms with Gasteiger partial charge < -0.3 is 9.64 Å². The molecule has 0 aromatic heterocycles. The van der Waals surface area contributed by atoms with E-state index in [0.29, 0.717) is 18.7 Å². The summed E-state index contributed by atoms with van der Waals surface area (Å²) in [5.74, 6) is -0.886. The van der Waals surface area contributed by atoms with Gasteiger partial charge in [0.05, 0.1) is 10.5 Å². The highest BCUT2D eigenvalue weighted by molar-refractivity contribution is 7.90. The van der Waals surface area contributed by atoms with Gasteiger partial charge in [-0.2, -0.15) is 0 Å². The van der Waals surface area contributed by atoms with Crippen LogP contribution >= 0.6 is 0 Å². The smallest absolute Gasteiger partial charge is 0.338 e. The van der Waals surface area contributed by atoms with Crippen molar-refractivity contribution in [1.29, 1.82) is 0 Å². The van der Waals surface area contributed by atoms with Crippen molar-refractivity contribution in [3.8, 4) is 0 Å². The van der Waals surface area contributed by atoms with Gasteiger partial charge in [0.25, 0.3) is 5.91 Å². The Kier molecular flexibility index (Phi) is 5.99. The van der Waals surface area contributed by atoms with E-state index in [9.17, 15) is 18.0 Å². The number of esters is 1. The molecular weight excluding hydrogens is 330 g/mol. The molecule has 0 spiro atoms. The van der Waals surface area contributed by atoms with Crippen molar-refractivity contribution in [2.75, 3.05) is 26.0 Å². The minimum Gasteiger partial charge on any atom is -0.452 e. The standard InChI is InChI=1S/C17H23NO5S/c1-13-7-8-14(24(2,21)22)11-15(13)17(20)23-12-16(19)18-9-5-3-4-6-10-18/h7-8,11H,3-6,9-10,12H2,1-2H3. The summed E-state index contributed by atoms with van der Waals surface area (Å²) in [5, 5.41) is 0. The van der Waals surface area contributed by atoms with Crippen LogP contribution in [0.2, 0.25) is 0 Å². The largest absolute Gasteiger partial charge is 0.452 e. The molecule has 132 valence electrons. The highest BCUT2D eigenvalue weighted by atomic mass is 32.2. The van der Waals surface area contributed by atoms with Crippen molar-refractivity contribution < 1.29 is 22.7 Å². The molecule has 1 heterocycles. The van der Waals surface area contributed by atoms with Crippen molar-refractivity contribution in [1.82, 2.24) is 4.90 Å². The summed E-state index contributed by atoms with van der Waals surface area (Å²) in [5.41, 5.74) is 0.774. The Balaban J connectivity index is 2.03. The van der Waals surface area contributed by atoms with Crippen LogP contribution in [-0.2, 0) is 19.4 Å². The number of amides is 1. The zero-order valence-corrected chi connectivity index (χ0v) is 14.9. The number of rotatable bonds is 4. The third kappa shape index (κ3) is 4.80. The molecular formula is C17H23NO5S. The number of carbonyl (C=O) groups is 2. The van der Waals surface area contributed by atoms with Gasteiger partial charge in [-0.1, -0.05) is 18.9 Å². The molecule has 6 nitrogen and oxygen atoms in total. The molecule has 0 aliphatic carbocycles. The maximum Gasteiger partial charge on any atom is 0.338 e. The Labute approximate surface area is 142 Å². The van der Waals surface area contributed by atoms with Crippen LogP contribution in [0.1, 0.15) is 41.6 Å². The maximum absolute atomic E-state index is 12.2. The zero-order chi connectivity index (χ0) is 17.7. The van der Waals surface area contributed by atoms with Crippen molar-refractivity contribution in [2.45, 2.75) is 37.5 Å². The molecule has 0 saturated carbocycles. The van der Waals surface area contributed by atoms with Crippen LogP contribution < -0.4 is 0 Å². The van der Waals surface area contributed by atoms with E-state index in [2.05, 4.69) is 0 Å². The highest BCUT2D eigenvalue weighted by Crippen LogP contribution is 2.17. The van der Waals surface area contributed by atoms with E-state index < -0.39 is 15.8 Å². The first kappa shape index (κ1) is 18.4. The molecule has 0 atom stereocenters. The van der Waals surface area contributed by atoms with Gasteiger partial charge in [0, 0.05) is 19.3 Å². The Morgan fingerprint density at radius 2 is 1.75 bits per heavy atom. The molecule has 0 unspecified atom stereocenters. The molecule has 1 aliphatic rings. The molecule has 1 aromatic carbocycles. The molecule has 2 rings (SSSR count). The first-order chi connectivity index (χ1) is 11.3. The molecule has 0 N–H and O–H groups in total. The monoisotopic (exact) mass is 353 g/mol. The Morgan fingerprint density at radius 3 is 2.33 bits per heavy atom. The van der Waals surface area contributed by atoms with Gasteiger partial charge in [-0.25, -0.2) is 13.2 Å². The van der Waals surface area contributed by atoms with E-state index in [1.54, 1.807) is 17.9 Å². The second kappa shape index (κ2) is 7.79. The predicted octanol–water partition coefficient (Wildman–Crippen LogP) is 1.96. The summed E-state index contributed by atoms with van der Waals surface area (Å²) in [6, 6.07) is 4.30. The fourth-order valence-electron chi connectivity index (χ4n) is 2.67. The van der Waals surface area contributed by atoms with Crippen molar-refractivity contribution in [2.24, 2.45) is 0 Å². The lowest BCUT2D eigenvalue weighted by Crippen LogP contribution is -2.35. The number of hydrogen-bond donors (Lipinski definition) is 0. The third-order valence-electron chi connectivity index (χ3n) is 4.14. The molecule has 0 radical (unpaired) electrons. The van der Waals surface area contributed by atoms with E-state index in [4.69, 9.17) is 4.74 Å². The Hall–Kier alpha value is -1.89. The number of benzene rings is 1. The van der Waals surface area contributed by atoms with E-state index >= 15 is 0 Å². The van der Waals surface area contributed by atoms with Crippen LogP contribution in [0.25, 0.3) is 0 Å². The summed E-state index contributed by atoms with van der Waals surface area (Å²) in [4.78, 5) is 26.1. The van der Waals surface area contributed by atoms with Crippen molar-refractivity contribution >= 4 is 21.7 Å². The molecule has 1 aliphatic heterocycles. The van der Waals surface area contributed by atoms with E-state index in [-0.39, 0.29) is 23.0 Å². The molecule has 0 bridgehead atoms. The van der Waals surface area contributed by atoms with Crippen LogP contribution in [0, 0.1) is 6.92 Å². The number of ether oxygens (including phenoxy) is 1. The second-order valence-corrected chi connectivity index (χ2v) is 8.14. The van der Waals surface area contributed by atoms with Crippen LogP contribution in [0.3, 0.4) is 0 Å². The third-order valence-corrected chi connectivity index (χ3v) is 5.25. The maximum atomic E-state index is 12.2. The summed E-state index contributed by atoms with van der Waals surface area (Å²) in [6.07, 6.45) is 5.24. The van der Waals surface area contributed by atoms with E-state index in [1.165, 1.54) is 12.1 Å². The minimum absolute atomic E-state index is 0.0545. The average Bonchev–Trinajstić information content (AvgIpc) is 2.80.